The summed E-state index contributed by atoms with van der Waals surface area (Å²) in [7, 11) is 0. The standard InChI is InChI=1S/C12H22N2O2S2/c1-12(2)10(15)13-4-8-17-6-3-7-18-9-5-14-11(12)16/h3-9H2,1-2H3,(H,13,15)(H,14,16). The van der Waals surface area contributed by atoms with Crippen LogP contribution in [0.5, 0.6) is 0 Å². The Hall–Kier alpha value is -0.360. The normalized spacial score (nSPS) is 23.7. The van der Waals surface area contributed by atoms with Gasteiger partial charge in [0.15, 0.2) is 0 Å². The number of rotatable bonds is 0. The van der Waals surface area contributed by atoms with Gasteiger partial charge in [-0.2, -0.15) is 23.5 Å². The number of carbonyl (C=O) groups is 2. The van der Waals surface area contributed by atoms with Crippen LogP contribution in [0.4, 0.5) is 0 Å². The van der Waals surface area contributed by atoms with Crippen LogP contribution in [0.25, 0.3) is 0 Å². The fourth-order valence-corrected chi connectivity index (χ4v) is 3.27. The van der Waals surface area contributed by atoms with Gasteiger partial charge in [-0.25, -0.2) is 0 Å². The summed E-state index contributed by atoms with van der Waals surface area (Å²) >= 11 is 3.71. The summed E-state index contributed by atoms with van der Waals surface area (Å²) in [6, 6.07) is 0. The molecule has 104 valence electrons. The van der Waals surface area contributed by atoms with E-state index in [1.807, 2.05) is 23.5 Å². The van der Waals surface area contributed by atoms with Crippen LogP contribution in [-0.4, -0.2) is 47.9 Å². The van der Waals surface area contributed by atoms with Gasteiger partial charge in [-0.15, -0.1) is 0 Å². The lowest BCUT2D eigenvalue weighted by atomic mass is 9.91. The second-order valence-electron chi connectivity index (χ2n) is 4.72. The molecule has 1 heterocycles. The lowest BCUT2D eigenvalue weighted by Gasteiger charge is -2.23. The predicted octanol–water partition coefficient (Wildman–Crippen LogP) is 1.12. The Morgan fingerprint density at radius 1 is 0.889 bits per heavy atom. The van der Waals surface area contributed by atoms with Crippen LogP contribution < -0.4 is 10.6 Å². The van der Waals surface area contributed by atoms with Crippen LogP contribution in [0.1, 0.15) is 20.3 Å². The molecule has 1 aliphatic rings. The van der Waals surface area contributed by atoms with Gasteiger partial charge in [0.2, 0.25) is 11.8 Å². The molecule has 0 bridgehead atoms. The van der Waals surface area contributed by atoms with E-state index in [2.05, 4.69) is 10.6 Å². The topological polar surface area (TPSA) is 58.2 Å². The first kappa shape index (κ1) is 15.7. The molecule has 0 atom stereocenters. The summed E-state index contributed by atoms with van der Waals surface area (Å²) < 4.78 is 0. The highest BCUT2D eigenvalue weighted by Gasteiger charge is 2.35. The summed E-state index contributed by atoms with van der Waals surface area (Å²) in [5.74, 6) is 3.72. The molecule has 2 N–H and O–H groups in total. The average molecular weight is 290 g/mol. The first-order valence-corrected chi connectivity index (χ1v) is 8.58. The van der Waals surface area contributed by atoms with Gasteiger partial charge in [0.05, 0.1) is 0 Å². The van der Waals surface area contributed by atoms with Gasteiger partial charge in [0.1, 0.15) is 5.41 Å². The lowest BCUT2D eigenvalue weighted by Crippen LogP contribution is -2.48. The molecule has 0 aromatic carbocycles. The zero-order chi connectivity index (χ0) is 13.4. The van der Waals surface area contributed by atoms with Crippen molar-refractivity contribution in [2.45, 2.75) is 20.3 Å². The monoisotopic (exact) mass is 290 g/mol. The third-order valence-corrected chi connectivity index (χ3v) is 4.92. The van der Waals surface area contributed by atoms with E-state index in [1.54, 1.807) is 13.8 Å². The van der Waals surface area contributed by atoms with E-state index in [0.717, 1.165) is 23.0 Å². The molecular weight excluding hydrogens is 268 g/mol. The van der Waals surface area contributed by atoms with Gasteiger partial charge in [0, 0.05) is 24.6 Å². The molecule has 0 saturated carbocycles. The molecule has 0 aliphatic carbocycles. The fraction of sp³-hybridized carbons (Fsp3) is 0.833. The van der Waals surface area contributed by atoms with Crippen molar-refractivity contribution in [3.63, 3.8) is 0 Å². The maximum Gasteiger partial charge on any atom is 0.235 e. The highest BCUT2D eigenvalue weighted by molar-refractivity contribution is 8.00. The highest BCUT2D eigenvalue weighted by atomic mass is 32.2. The molecule has 0 spiro atoms. The third kappa shape index (κ3) is 5.10. The van der Waals surface area contributed by atoms with E-state index in [0.29, 0.717) is 13.1 Å². The van der Waals surface area contributed by atoms with Gasteiger partial charge in [0.25, 0.3) is 0 Å². The number of thioether (sulfide) groups is 2. The Bertz CT molecular complexity index is 270. The van der Waals surface area contributed by atoms with Crippen LogP contribution in [0.15, 0.2) is 0 Å². The van der Waals surface area contributed by atoms with Gasteiger partial charge in [-0.3, -0.25) is 9.59 Å². The summed E-state index contributed by atoms with van der Waals surface area (Å²) in [5, 5.41) is 5.66. The van der Waals surface area contributed by atoms with Gasteiger partial charge >= 0.3 is 0 Å². The number of hydrogen-bond acceptors (Lipinski definition) is 4. The Labute approximate surface area is 117 Å². The maximum atomic E-state index is 11.9. The molecule has 0 aromatic heterocycles. The summed E-state index contributed by atoms with van der Waals surface area (Å²) in [4.78, 5) is 23.9. The van der Waals surface area contributed by atoms with Gasteiger partial charge in [-0.05, 0) is 31.8 Å². The quantitative estimate of drug-likeness (QED) is 0.656. The summed E-state index contributed by atoms with van der Waals surface area (Å²) in [6.07, 6.45) is 1.18. The van der Waals surface area contributed by atoms with E-state index in [1.165, 1.54) is 6.42 Å². The van der Waals surface area contributed by atoms with Crippen molar-refractivity contribution >= 4 is 35.3 Å². The Morgan fingerprint density at radius 2 is 1.33 bits per heavy atom. The molecule has 1 fully saturated rings. The number of amides is 2. The molecular formula is C12H22N2O2S2. The van der Waals surface area contributed by atoms with Crippen LogP contribution >= 0.6 is 23.5 Å². The smallest absolute Gasteiger partial charge is 0.235 e. The van der Waals surface area contributed by atoms with E-state index >= 15 is 0 Å². The van der Waals surface area contributed by atoms with E-state index in [9.17, 15) is 9.59 Å². The second-order valence-corrected chi connectivity index (χ2v) is 7.16. The molecule has 1 saturated heterocycles. The molecule has 1 rings (SSSR count). The van der Waals surface area contributed by atoms with Crippen LogP contribution in [-0.2, 0) is 9.59 Å². The van der Waals surface area contributed by atoms with Crippen LogP contribution in [0.3, 0.4) is 0 Å². The first-order valence-electron chi connectivity index (χ1n) is 6.27. The minimum absolute atomic E-state index is 0.190. The largest absolute Gasteiger partial charge is 0.354 e. The minimum Gasteiger partial charge on any atom is -0.354 e. The Morgan fingerprint density at radius 3 is 1.78 bits per heavy atom. The van der Waals surface area contributed by atoms with E-state index < -0.39 is 5.41 Å². The van der Waals surface area contributed by atoms with Crippen molar-refractivity contribution in [3.05, 3.63) is 0 Å². The molecule has 0 unspecified atom stereocenters. The van der Waals surface area contributed by atoms with E-state index in [4.69, 9.17) is 0 Å². The Balaban J connectivity index is 2.53. The van der Waals surface area contributed by atoms with Crippen molar-refractivity contribution in [1.82, 2.24) is 10.6 Å². The predicted molar refractivity (Wildman–Crippen MR) is 79.1 cm³/mol. The fourth-order valence-electron chi connectivity index (χ4n) is 1.49. The van der Waals surface area contributed by atoms with Crippen molar-refractivity contribution in [3.8, 4) is 0 Å². The zero-order valence-corrected chi connectivity index (χ0v) is 12.7. The zero-order valence-electron chi connectivity index (χ0n) is 11.1. The van der Waals surface area contributed by atoms with Crippen molar-refractivity contribution in [2.24, 2.45) is 5.41 Å². The van der Waals surface area contributed by atoms with Crippen LogP contribution in [0.2, 0.25) is 0 Å². The molecule has 0 radical (unpaired) electrons. The van der Waals surface area contributed by atoms with E-state index in [-0.39, 0.29) is 11.8 Å². The molecule has 6 heteroatoms. The second kappa shape index (κ2) is 7.94. The van der Waals surface area contributed by atoms with Crippen molar-refractivity contribution in [1.29, 1.82) is 0 Å². The Kier molecular flexibility index (Phi) is 6.92. The molecule has 4 nitrogen and oxygen atoms in total. The number of carbonyl (C=O) groups excluding carboxylic acids is 2. The summed E-state index contributed by atoms with van der Waals surface area (Å²) in [5.41, 5.74) is -0.987. The van der Waals surface area contributed by atoms with Crippen molar-refractivity contribution in [2.75, 3.05) is 36.1 Å². The average Bonchev–Trinajstić information content (AvgIpc) is 2.34. The SMILES string of the molecule is CC1(C)C(=O)NCCSCCCSCCNC1=O. The lowest BCUT2D eigenvalue weighted by molar-refractivity contribution is -0.141. The highest BCUT2D eigenvalue weighted by Crippen LogP contribution is 2.16. The molecule has 1 aliphatic heterocycles. The van der Waals surface area contributed by atoms with Gasteiger partial charge in [-0.1, -0.05) is 0 Å². The molecule has 18 heavy (non-hydrogen) atoms. The maximum absolute atomic E-state index is 11.9. The third-order valence-electron chi connectivity index (χ3n) is 2.78. The minimum atomic E-state index is -0.987. The first-order chi connectivity index (χ1) is 8.55. The van der Waals surface area contributed by atoms with Crippen LogP contribution in [0, 0.1) is 5.41 Å². The summed E-state index contributed by atoms with van der Waals surface area (Å²) in [6.45, 7) is 4.61. The molecule has 0 aromatic rings. The van der Waals surface area contributed by atoms with Gasteiger partial charge < -0.3 is 10.6 Å². The number of hydrogen-bond donors (Lipinski definition) is 2. The number of nitrogens with one attached hydrogen (secondary N) is 2. The molecule has 2 amide bonds. The van der Waals surface area contributed by atoms with Crippen molar-refractivity contribution < 1.29 is 9.59 Å².